The Bertz CT molecular complexity index is 787. The van der Waals surface area contributed by atoms with Crippen molar-refractivity contribution in [3.05, 3.63) is 51.6 Å². The molecule has 1 aliphatic rings. The first kappa shape index (κ1) is 14.2. The van der Waals surface area contributed by atoms with Crippen LogP contribution in [-0.4, -0.2) is 23.2 Å². The molecule has 0 N–H and O–H groups in total. The maximum absolute atomic E-state index is 12.6. The normalized spacial score (nSPS) is 12.2. The van der Waals surface area contributed by atoms with Crippen molar-refractivity contribution in [1.82, 2.24) is 0 Å². The lowest BCUT2D eigenvalue weighted by Crippen LogP contribution is -2.02. The Labute approximate surface area is 130 Å². The van der Waals surface area contributed by atoms with Crippen molar-refractivity contribution in [3.8, 4) is 11.1 Å². The van der Waals surface area contributed by atoms with Gasteiger partial charge in [-0.1, -0.05) is 24.3 Å². The minimum absolute atomic E-state index is 0.0370. The Morgan fingerprint density at radius 2 is 1.71 bits per heavy atom. The van der Waals surface area contributed by atoms with Gasteiger partial charge >= 0.3 is 0 Å². The van der Waals surface area contributed by atoms with E-state index in [2.05, 4.69) is 0 Å². The summed E-state index contributed by atoms with van der Waals surface area (Å²) in [5, 5.41) is 11.4. The average Bonchev–Trinajstić information content (AvgIpc) is 2.78. The van der Waals surface area contributed by atoms with Gasteiger partial charge in [0.1, 0.15) is 0 Å². The van der Waals surface area contributed by atoms with Crippen LogP contribution in [0.5, 0.6) is 0 Å². The Morgan fingerprint density at radius 1 is 1.05 bits per heavy atom. The van der Waals surface area contributed by atoms with E-state index in [0.29, 0.717) is 20.9 Å². The van der Waals surface area contributed by atoms with Crippen LogP contribution in [0.4, 0.5) is 5.69 Å². The molecule has 0 atom stereocenters. The molecule has 0 amide bonds. The molecule has 2 aromatic carbocycles. The van der Waals surface area contributed by atoms with Gasteiger partial charge in [-0.2, -0.15) is 0 Å². The zero-order valence-corrected chi connectivity index (χ0v) is 13.0. The predicted molar refractivity (Wildman–Crippen MR) is 85.5 cm³/mol. The van der Waals surface area contributed by atoms with Gasteiger partial charge in [0.15, 0.2) is 5.78 Å². The maximum Gasteiger partial charge on any atom is 0.297 e. The van der Waals surface area contributed by atoms with Crippen LogP contribution in [0.3, 0.4) is 0 Å². The van der Waals surface area contributed by atoms with E-state index in [-0.39, 0.29) is 11.5 Å². The van der Waals surface area contributed by atoms with Crippen molar-refractivity contribution in [2.75, 3.05) is 12.5 Å². The van der Waals surface area contributed by atoms with Crippen LogP contribution in [0, 0.1) is 10.1 Å². The number of ketones is 1. The van der Waals surface area contributed by atoms with Crippen LogP contribution < -0.4 is 0 Å². The quantitative estimate of drug-likeness (QED) is 0.410. The van der Waals surface area contributed by atoms with Crippen LogP contribution >= 0.6 is 23.5 Å². The average molecular weight is 317 g/mol. The number of rotatable bonds is 3. The second-order valence-corrected chi connectivity index (χ2v) is 6.18. The number of carbonyl (C=O) groups excluding carboxylic acids is 1. The van der Waals surface area contributed by atoms with E-state index in [1.165, 1.54) is 23.5 Å². The fourth-order valence-corrected chi connectivity index (χ4v) is 4.09. The monoisotopic (exact) mass is 317 g/mol. The van der Waals surface area contributed by atoms with Gasteiger partial charge in [-0.15, -0.1) is 23.5 Å². The second kappa shape index (κ2) is 5.20. The van der Waals surface area contributed by atoms with Crippen molar-refractivity contribution in [1.29, 1.82) is 0 Å². The molecule has 2 aromatic rings. The molecule has 6 heteroatoms. The van der Waals surface area contributed by atoms with Crippen LogP contribution in [0.25, 0.3) is 11.1 Å². The predicted octanol–water partition coefficient (Wildman–Crippen LogP) is 4.25. The van der Waals surface area contributed by atoms with E-state index in [4.69, 9.17) is 0 Å². The number of nitro groups is 1. The fraction of sp³-hybridized carbons (Fsp3) is 0.133. The molecule has 106 valence electrons. The summed E-state index contributed by atoms with van der Waals surface area (Å²) in [7, 11) is 0. The molecule has 0 fully saturated rings. The van der Waals surface area contributed by atoms with Crippen LogP contribution in [-0.2, 0) is 0 Å². The molecular formula is C15H11NO3S2. The summed E-state index contributed by atoms with van der Waals surface area (Å²) in [6.07, 6.45) is 3.57. The molecule has 0 aliphatic heterocycles. The van der Waals surface area contributed by atoms with Crippen molar-refractivity contribution in [3.63, 3.8) is 0 Å². The highest BCUT2D eigenvalue weighted by molar-refractivity contribution is 7.99. The molecule has 4 nitrogen and oxygen atoms in total. The Balaban J connectivity index is 2.42. The van der Waals surface area contributed by atoms with Crippen molar-refractivity contribution in [2.45, 2.75) is 9.79 Å². The summed E-state index contributed by atoms with van der Waals surface area (Å²) in [4.78, 5) is 24.7. The number of carbonyl (C=O) groups is 1. The third-order valence-corrected chi connectivity index (χ3v) is 5.07. The van der Waals surface area contributed by atoms with E-state index in [1.807, 2.05) is 24.5 Å². The first-order valence-electron chi connectivity index (χ1n) is 6.17. The fourth-order valence-electron chi connectivity index (χ4n) is 2.64. The largest absolute Gasteiger partial charge is 0.297 e. The molecule has 21 heavy (non-hydrogen) atoms. The van der Waals surface area contributed by atoms with Gasteiger partial charge in [0, 0.05) is 5.56 Å². The number of thioether (sulfide) groups is 2. The first-order valence-corrected chi connectivity index (χ1v) is 8.62. The third-order valence-electron chi connectivity index (χ3n) is 3.52. The smallest absolute Gasteiger partial charge is 0.289 e. The van der Waals surface area contributed by atoms with Crippen molar-refractivity contribution in [2.24, 2.45) is 0 Å². The Kier molecular flexibility index (Phi) is 3.51. The van der Waals surface area contributed by atoms with Crippen LogP contribution in [0.15, 0.2) is 40.1 Å². The molecule has 0 aromatic heterocycles. The summed E-state index contributed by atoms with van der Waals surface area (Å²) in [6.45, 7) is 0. The molecule has 3 rings (SSSR count). The third kappa shape index (κ3) is 1.98. The van der Waals surface area contributed by atoms with E-state index in [0.717, 1.165) is 11.1 Å². The highest BCUT2D eigenvalue weighted by atomic mass is 32.2. The number of hydrogen-bond donors (Lipinski definition) is 0. The molecule has 0 radical (unpaired) electrons. The molecule has 0 unspecified atom stereocenters. The molecular weight excluding hydrogens is 306 g/mol. The van der Waals surface area contributed by atoms with E-state index >= 15 is 0 Å². The molecule has 1 aliphatic carbocycles. The zero-order valence-electron chi connectivity index (χ0n) is 11.4. The van der Waals surface area contributed by atoms with Gasteiger partial charge < -0.3 is 0 Å². The minimum atomic E-state index is -0.395. The lowest BCUT2D eigenvalue weighted by atomic mass is 10.1. The first-order chi connectivity index (χ1) is 10.1. The number of nitrogens with zero attached hydrogens (tertiary/aromatic N) is 1. The number of hydrogen-bond acceptors (Lipinski definition) is 5. The van der Waals surface area contributed by atoms with Crippen LogP contribution in [0.2, 0.25) is 0 Å². The summed E-state index contributed by atoms with van der Waals surface area (Å²) in [5.41, 5.74) is 2.78. The van der Waals surface area contributed by atoms with Crippen molar-refractivity contribution < 1.29 is 9.72 Å². The molecule has 0 saturated carbocycles. The number of nitro benzene ring substituents is 1. The van der Waals surface area contributed by atoms with Gasteiger partial charge in [-0.25, -0.2) is 0 Å². The van der Waals surface area contributed by atoms with Gasteiger partial charge in [0.2, 0.25) is 0 Å². The standard InChI is InChI=1S/C15H11NO3S2/c1-20-11-7-10-8-5-3-4-6-9(8)14(17)12(10)15(21-2)13(11)16(18)19/h3-7H,1-2H3. The maximum atomic E-state index is 12.6. The lowest BCUT2D eigenvalue weighted by molar-refractivity contribution is -0.390. The number of benzene rings is 2. The lowest BCUT2D eigenvalue weighted by Gasteiger charge is -2.09. The molecule has 0 heterocycles. The minimum Gasteiger partial charge on any atom is -0.289 e. The van der Waals surface area contributed by atoms with E-state index in [9.17, 15) is 14.9 Å². The summed E-state index contributed by atoms with van der Waals surface area (Å²) < 4.78 is 0. The number of fused-ring (bicyclic) bond motifs is 3. The topological polar surface area (TPSA) is 60.2 Å². The highest BCUT2D eigenvalue weighted by Crippen LogP contribution is 2.48. The second-order valence-electron chi connectivity index (χ2n) is 4.52. The van der Waals surface area contributed by atoms with Gasteiger partial charge in [-0.3, -0.25) is 14.9 Å². The summed E-state index contributed by atoms with van der Waals surface area (Å²) in [5.74, 6) is -0.124. The molecule has 0 bridgehead atoms. The zero-order chi connectivity index (χ0) is 15.1. The molecule has 0 spiro atoms. The Morgan fingerprint density at radius 3 is 2.29 bits per heavy atom. The Hall–Kier alpha value is -1.79. The highest BCUT2D eigenvalue weighted by Gasteiger charge is 2.35. The van der Waals surface area contributed by atoms with E-state index in [1.54, 1.807) is 18.4 Å². The van der Waals surface area contributed by atoms with Gasteiger partial charge in [0.05, 0.1) is 20.3 Å². The van der Waals surface area contributed by atoms with Gasteiger partial charge in [-0.05, 0) is 29.7 Å². The van der Waals surface area contributed by atoms with E-state index < -0.39 is 4.92 Å². The van der Waals surface area contributed by atoms with Crippen molar-refractivity contribution >= 4 is 35.0 Å². The van der Waals surface area contributed by atoms with Crippen LogP contribution in [0.1, 0.15) is 15.9 Å². The SMILES string of the molecule is CSc1cc2c(c(SC)c1[N+](=O)[O-])C(=O)c1ccccc1-2. The van der Waals surface area contributed by atoms with Gasteiger partial charge in [0.25, 0.3) is 5.69 Å². The molecule has 0 saturated heterocycles. The summed E-state index contributed by atoms with van der Waals surface area (Å²) in [6, 6.07) is 9.11. The summed E-state index contributed by atoms with van der Waals surface area (Å²) >= 11 is 2.59.